The van der Waals surface area contributed by atoms with Crippen molar-refractivity contribution in [3.8, 4) is 0 Å². The molecule has 2 amide bonds. The first-order chi connectivity index (χ1) is 14.0. The smallest absolute Gasteiger partial charge is 0.244 e. The largest absolute Gasteiger partial charge is 0.322 e. The number of ketones is 1. The standard InChI is InChI=1S/C24H24N2O3/c1-14-10-11-17(13-15(14)2)26-23(28)19-18-9-6-12-25(18)21(20(19)24(26)29)22(27)16-7-4-3-5-8-16/h3-5,7-8,10-11,13,18-21H,6,9,12H2,1-2H3/p+1/t18-,19-,20+,21-/m0/s1. The molecule has 3 aliphatic rings. The summed E-state index contributed by atoms with van der Waals surface area (Å²) >= 11 is 0. The van der Waals surface area contributed by atoms with Gasteiger partial charge in [0.05, 0.1) is 12.2 Å². The monoisotopic (exact) mass is 389 g/mol. The Morgan fingerprint density at radius 1 is 0.966 bits per heavy atom. The highest BCUT2D eigenvalue weighted by molar-refractivity contribution is 6.24. The number of benzene rings is 2. The van der Waals surface area contributed by atoms with E-state index in [2.05, 4.69) is 0 Å². The molecular formula is C24H25N2O3+. The molecule has 29 heavy (non-hydrogen) atoms. The van der Waals surface area contributed by atoms with Crippen molar-refractivity contribution in [3.63, 3.8) is 0 Å². The Hall–Kier alpha value is -2.79. The molecule has 3 heterocycles. The molecule has 0 aliphatic carbocycles. The van der Waals surface area contributed by atoms with Crippen LogP contribution in [0.3, 0.4) is 0 Å². The molecule has 3 aliphatic heterocycles. The summed E-state index contributed by atoms with van der Waals surface area (Å²) in [4.78, 5) is 42.8. The number of hydrogen-bond acceptors (Lipinski definition) is 3. The molecule has 3 saturated heterocycles. The maximum atomic E-state index is 13.5. The van der Waals surface area contributed by atoms with E-state index in [-0.39, 0.29) is 29.6 Å². The van der Waals surface area contributed by atoms with Crippen LogP contribution in [0.4, 0.5) is 5.69 Å². The fourth-order valence-electron chi connectivity index (χ4n) is 5.64. The number of aryl methyl sites for hydroxylation is 2. The number of rotatable bonds is 3. The highest BCUT2D eigenvalue weighted by Gasteiger charge is 2.68. The van der Waals surface area contributed by atoms with E-state index in [0.29, 0.717) is 11.3 Å². The zero-order chi connectivity index (χ0) is 20.3. The molecule has 3 fully saturated rings. The average molecular weight is 389 g/mol. The quantitative estimate of drug-likeness (QED) is 0.642. The molecule has 0 radical (unpaired) electrons. The molecule has 0 spiro atoms. The average Bonchev–Trinajstić information content (AvgIpc) is 3.37. The van der Waals surface area contributed by atoms with Crippen molar-refractivity contribution in [1.29, 1.82) is 0 Å². The van der Waals surface area contributed by atoms with Crippen LogP contribution < -0.4 is 9.80 Å². The minimum Gasteiger partial charge on any atom is -0.322 e. The third-order valence-corrected chi connectivity index (χ3v) is 7.14. The lowest BCUT2D eigenvalue weighted by Gasteiger charge is -2.25. The van der Waals surface area contributed by atoms with Crippen molar-refractivity contribution in [2.45, 2.75) is 38.8 Å². The maximum absolute atomic E-state index is 13.5. The lowest BCUT2D eigenvalue weighted by molar-refractivity contribution is -0.915. The number of nitrogens with zero attached hydrogens (tertiary/aromatic N) is 1. The number of carbonyl (C=O) groups is 3. The topological polar surface area (TPSA) is 58.9 Å². The lowest BCUT2D eigenvalue weighted by atomic mass is 9.85. The number of Topliss-reactive ketones (excluding diaryl/α,β-unsaturated/α-hetero) is 1. The molecule has 5 heteroatoms. The van der Waals surface area contributed by atoms with Gasteiger partial charge in [-0.3, -0.25) is 14.4 Å². The Bertz CT molecular complexity index is 1020. The normalized spacial score (nSPS) is 30.6. The number of fused-ring (bicyclic) bond motifs is 3. The summed E-state index contributed by atoms with van der Waals surface area (Å²) in [6.07, 6.45) is 1.89. The summed E-state index contributed by atoms with van der Waals surface area (Å²) < 4.78 is 0. The first kappa shape index (κ1) is 18.3. The summed E-state index contributed by atoms with van der Waals surface area (Å²) in [6.45, 7) is 4.84. The molecule has 5 atom stereocenters. The predicted molar refractivity (Wildman–Crippen MR) is 109 cm³/mol. The van der Waals surface area contributed by atoms with Crippen LogP contribution >= 0.6 is 0 Å². The first-order valence-corrected chi connectivity index (χ1v) is 10.4. The van der Waals surface area contributed by atoms with Crippen molar-refractivity contribution in [1.82, 2.24) is 0 Å². The van der Waals surface area contributed by atoms with Crippen LogP contribution in [0.1, 0.15) is 34.3 Å². The molecule has 1 unspecified atom stereocenters. The molecule has 1 N–H and O–H groups in total. The second-order valence-electron chi connectivity index (χ2n) is 8.61. The van der Waals surface area contributed by atoms with Gasteiger partial charge < -0.3 is 4.90 Å². The van der Waals surface area contributed by atoms with Crippen molar-refractivity contribution in [2.75, 3.05) is 11.4 Å². The Morgan fingerprint density at radius 2 is 1.69 bits per heavy atom. The van der Waals surface area contributed by atoms with E-state index in [4.69, 9.17) is 0 Å². The second kappa shape index (κ2) is 6.63. The number of nitrogens with one attached hydrogen (secondary N) is 1. The fraction of sp³-hybridized carbons (Fsp3) is 0.375. The van der Waals surface area contributed by atoms with Gasteiger partial charge in [0.2, 0.25) is 17.6 Å². The minimum atomic E-state index is -0.558. The van der Waals surface area contributed by atoms with E-state index >= 15 is 0 Å². The Kier molecular flexibility index (Phi) is 4.17. The van der Waals surface area contributed by atoms with Crippen LogP contribution in [0.15, 0.2) is 48.5 Å². The molecule has 5 rings (SSSR count). The van der Waals surface area contributed by atoms with Crippen molar-refractivity contribution >= 4 is 23.3 Å². The van der Waals surface area contributed by atoms with Gasteiger partial charge in [-0.25, -0.2) is 4.90 Å². The van der Waals surface area contributed by atoms with Gasteiger partial charge in [-0.2, -0.15) is 0 Å². The van der Waals surface area contributed by atoms with Crippen LogP contribution in [0.5, 0.6) is 0 Å². The predicted octanol–water partition coefficient (Wildman–Crippen LogP) is 1.72. The van der Waals surface area contributed by atoms with Gasteiger partial charge in [0.15, 0.2) is 6.04 Å². The highest BCUT2D eigenvalue weighted by atomic mass is 16.2. The fourth-order valence-corrected chi connectivity index (χ4v) is 5.64. The number of amides is 2. The Balaban J connectivity index is 1.56. The molecule has 0 bridgehead atoms. The van der Waals surface area contributed by atoms with Crippen LogP contribution in [0.25, 0.3) is 0 Å². The second-order valence-corrected chi connectivity index (χ2v) is 8.61. The van der Waals surface area contributed by atoms with Gasteiger partial charge in [0, 0.05) is 18.4 Å². The number of hydrogen-bond donors (Lipinski definition) is 1. The van der Waals surface area contributed by atoms with Gasteiger partial charge >= 0.3 is 0 Å². The van der Waals surface area contributed by atoms with Crippen LogP contribution in [-0.4, -0.2) is 36.2 Å². The van der Waals surface area contributed by atoms with E-state index < -0.39 is 12.0 Å². The van der Waals surface area contributed by atoms with Gasteiger partial charge in [0.1, 0.15) is 17.9 Å². The Morgan fingerprint density at radius 3 is 2.41 bits per heavy atom. The molecule has 0 saturated carbocycles. The Labute approximate surface area is 170 Å². The van der Waals surface area contributed by atoms with Gasteiger partial charge in [-0.1, -0.05) is 36.4 Å². The van der Waals surface area contributed by atoms with Crippen molar-refractivity contribution < 1.29 is 19.3 Å². The summed E-state index contributed by atoms with van der Waals surface area (Å²) in [5.74, 6) is -1.30. The minimum absolute atomic E-state index is 0.0110. The molecule has 5 nitrogen and oxygen atoms in total. The van der Waals surface area contributed by atoms with Gasteiger partial charge in [-0.15, -0.1) is 0 Å². The maximum Gasteiger partial charge on any atom is 0.244 e. The van der Waals surface area contributed by atoms with Crippen molar-refractivity contribution in [3.05, 3.63) is 65.2 Å². The first-order valence-electron chi connectivity index (χ1n) is 10.4. The molecule has 2 aromatic carbocycles. The number of carbonyl (C=O) groups excluding carboxylic acids is 3. The van der Waals surface area contributed by atoms with Gasteiger partial charge in [0.25, 0.3) is 0 Å². The summed E-state index contributed by atoms with van der Waals surface area (Å²) in [7, 11) is 0. The zero-order valence-electron chi connectivity index (χ0n) is 16.7. The highest BCUT2D eigenvalue weighted by Crippen LogP contribution is 2.40. The number of quaternary nitrogens is 1. The molecule has 148 valence electrons. The van der Waals surface area contributed by atoms with E-state index in [0.717, 1.165) is 35.4 Å². The molecule has 0 aromatic heterocycles. The number of imide groups is 1. The third kappa shape index (κ3) is 2.60. The third-order valence-electron chi connectivity index (χ3n) is 7.14. The zero-order valence-corrected chi connectivity index (χ0v) is 16.7. The summed E-state index contributed by atoms with van der Waals surface area (Å²) in [5.41, 5.74) is 3.42. The molecule has 2 aromatic rings. The van der Waals surface area contributed by atoms with E-state index in [1.807, 2.05) is 62.4 Å². The lowest BCUT2D eigenvalue weighted by Crippen LogP contribution is -3.16. The van der Waals surface area contributed by atoms with Crippen LogP contribution in [0.2, 0.25) is 0 Å². The SMILES string of the molecule is Cc1ccc(N2C(=O)[C@@H]3[C@@H](C2=O)[C@@H]2CCC[NH+]2[C@@H]3C(=O)c2ccccc2)cc1C. The van der Waals surface area contributed by atoms with Crippen LogP contribution in [0, 0.1) is 25.7 Å². The summed E-state index contributed by atoms with van der Waals surface area (Å²) in [6, 6.07) is 14.5. The van der Waals surface area contributed by atoms with Crippen molar-refractivity contribution in [2.24, 2.45) is 11.8 Å². The summed E-state index contributed by atoms with van der Waals surface area (Å²) in [5, 5.41) is 0. The number of anilines is 1. The molecular weight excluding hydrogens is 364 g/mol. The van der Waals surface area contributed by atoms with E-state index in [1.165, 1.54) is 4.90 Å². The van der Waals surface area contributed by atoms with E-state index in [9.17, 15) is 14.4 Å². The van der Waals surface area contributed by atoms with E-state index in [1.54, 1.807) is 0 Å². The van der Waals surface area contributed by atoms with Crippen LogP contribution in [-0.2, 0) is 9.59 Å². The van der Waals surface area contributed by atoms with Gasteiger partial charge in [-0.05, 0) is 37.1 Å².